The number of hydrogen-bond acceptors (Lipinski definition) is 3. The Morgan fingerprint density at radius 1 is 1.08 bits per heavy atom. The molecule has 2 aromatic carbocycles. The van der Waals surface area contributed by atoms with Gasteiger partial charge in [0.25, 0.3) is 0 Å². The van der Waals surface area contributed by atoms with Gasteiger partial charge in [-0.25, -0.2) is 0 Å². The molecule has 4 nitrogen and oxygen atoms in total. The van der Waals surface area contributed by atoms with Crippen molar-refractivity contribution in [3.63, 3.8) is 0 Å². The van der Waals surface area contributed by atoms with E-state index in [1.807, 2.05) is 18.2 Å². The van der Waals surface area contributed by atoms with Gasteiger partial charge in [0.2, 0.25) is 0 Å². The summed E-state index contributed by atoms with van der Waals surface area (Å²) in [5.41, 5.74) is 12.9. The minimum absolute atomic E-state index is 0.781. The Morgan fingerprint density at radius 3 is 2.71 bits per heavy atom. The summed E-state index contributed by atoms with van der Waals surface area (Å²) in [6.07, 6.45) is 1.04. The Hall–Kier alpha value is -2.59. The van der Waals surface area contributed by atoms with Crippen LogP contribution in [0.3, 0.4) is 0 Å². The summed E-state index contributed by atoms with van der Waals surface area (Å²) in [5.74, 6) is 0. The van der Waals surface area contributed by atoms with Crippen LogP contribution >= 0.6 is 0 Å². The molecule has 2 N–H and O–H groups in total. The van der Waals surface area contributed by atoms with E-state index in [0.717, 1.165) is 43.0 Å². The molecule has 24 heavy (non-hydrogen) atoms. The molecule has 0 amide bonds. The van der Waals surface area contributed by atoms with Gasteiger partial charge < -0.3 is 10.6 Å². The van der Waals surface area contributed by atoms with Crippen molar-refractivity contribution >= 4 is 5.69 Å². The van der Waals surface area contributed by atoms with Crippen LogP contribution in [0.4, 0.5) is 5.69 Å². The normalized spacial score (nSPS) is 14.5. The molecular formula is C20H22N4. The topological polar surface area (TPSA) is 47.1 Å². The third-order valence-corrected chi connectivity index (χ3v) is 4.66. The quantitative estimate of drug-likeness (QED) is 0.755. The molecule has 122 valence electrons. The Kier molecular flexibility index (Phi) is 3.82. The first-order valence-corrected chi connectivity index (χ1v) is 8.37. The lowest BCUT2D eigenvalue weighted by Crippen LogP contribution is -2.27. The zero-order chi connectivity index (χ0) is 16.5. The van der Waals surface area contributed by atoms with Gasteiger partial charge in [0.15, 0.2) is 0 Å². The molecule has 1 aromatic heterocycles. The molecule has 3 aromatic rings. The number of hydrogen-bond donors (Lipinski definition) is 1. The molecule has 1 aliphatic rings. The van der Waals surface area contributed by atoms with Gasteiger partial charge in [-0.2, -0.15) is 5.10 Å². The van der Waals surface area contributed by atoms with E-state index in [2.05, 4.69) is 53.0 Å². The molecule has 4 rings (SSSR count). The van der Waals surface area contributed by atoms with E-state index >= 15 is 0 Å². The average Bonchev–Trinajstić information content (AvgIpc) is 2.93. The molecule has 1 aliphatic heterocycles. The van der Waals surface area contributed by atoms with Gasteiger partial charge in [0.05, 0.1) is 12.2 Å². The minimum Gasteiger partial charge on any atom is -0.399 e. The first-order valence-electron chi connectivity index (χ1n) is 8.37. The van der Waals surface area contributed by atoms with Gasteiger partial charge in [0, 0.05) is 42.0 Å². The van der Waals surface area contributed by atoms with Crippen molar-refractivity contribution in [3.05, 3.63) is 71.4 Å². The molecule has 0 atom stereocenters. The van der Waals surface area contributed by atoms with Crippen LogP contribution in [0.5, 0.6) is 0 Å². The highest BCUT2D eigenvalue weighted by Gasteiger charge is 2.24. The van der Waals surface area contributed by atoms with Gasteiger partial charge in [-0.1, -0.05) is 42.5 Å². The van der Waals surface area contributed by atoms with Gasteiger partial charge in [-0.05, 0) is 24.7 Å². The van der Waals surface area contributed by atoms with E-state index in [1.165, 1.54) is 16.8 Å². The van der Waals surface area contributed by atoms with Crippen LogP contribution < -0.4 is 5.73 Å². The van der Waals surface area contributed by atoms with Crippen molar-refractivity contribution < 1.29 is 0 Å². The van der Waals surface area contributed by atoms with Crippen LogP contribution in [-0.4, -0.2) is 28.3 Å². The van der Waals surface area contributed by atoms with E-state index in [4.69, 9.17) is 10.8 Å². The summed E-state index contributed by atoms with van der Waals surface area (Å²) in [5, 5.41) is 4.97. The highest BCUT2D eigenvalue weighted by Crippen LogP contribution is 2.31. The van der Waals surface area contributed by atoms with E-state index in [1.54, 1.807) is 0 Å². The van der Waals surface area contributed by atoms with Crippen molar-refractivity contribution in [1.29, 1.82) is 0 Å². The third-order valence-electron chi connectivity index (χ3n) is 4.66. The second-order valence-corrected chi connectivity index (χ2v) is 6.53. The summed E-state index contributed by atoms with van der Waals surface area (Å²) in [6.45, 7) is 2.83. The number of nitrogen functional groups attached to an aromatic ring is 1. The summed E-state index contributed by atoms with van der Waals surface area (Å²) < 4.78 is 2.18. The summed E-state index contributed by atoms with van der Waals surface area (Å²) in [4.78, 5) is 2.35. The second-order valence-electron chi connectivity index (χ2n) is 6.53. The number of likely N-dealkylation sites (N-methyl/N-ethyl adjacent to an activating group) is 1. The summed E-state index contributed by atoms with van der Waals surface area (Å²) in [6, 6.07) is 18.6. The predicted octanol–water partition coefficient (Wildman–Crippen LogP) is 3.17. The molecule has 0 radical (unpaired) electrons. The molecule has 0 aliphatic carbocycles. The largest absolute Gasteiger partial charge is 0.399 e. The fourth-order valence-electron chi connectivity index (χ4n) is 3.43. The average molecular weight is 318 g/mol. The third kappa shape index (κ3) is 2.81. The van der Waals surface area contributed by atoms with Crippen LogP contribution in [0, 0.1) is 0 Å². The molecule has 0 bridgehead atoms. The van der Waals surface area contributed by atoms with E-state index in [-0.39, 0.29) is 0 Å². The highest BCUT2D eigenvalue weighted by molar-refractivity contribution is 5.68. The second kappa shape index (κ2) is 6.13. The maximum absolute atomic E-state index is 5.98. The lowest BCUT2D eigenvalue weighted by molar-refractivity contribution is 0.308. The van der Waals surface area contributed by atoms with Crippen molar-refractivity contribution in [2.24, 2.45) is 0 Å². The fourth-order valence-corrected chi connectivity index (χ4v) is 3.43. The predicted molar refractivity (Wildman–Crippen MR) is 97.7 cm³/mol. The van der Waals surface area contributed by atoms with Crippen molar-refractivity contribution in [2.45, 2.75) is 19.5 Å². The molecule has 2 heterocycles. The van der Waals surface area contributed by atoms with Crippen molar-refractivity contribution in [1.82, 2.24) is 14.7 Å². The van der Waals surface area contributed by atoms with E-state index in [9.17, 15) is 0 Å². The maximum atomic E-state index is 5.98. The van der Waals surface area contributed by atoms with Crippen molar-refractivity contribution in [2.75, 3.05) is 19.3 Å². The zero-order valence-corrected chi connectivity index (χ0v) is 13.9. The minimum atomic E-state index is 0.781. The Balaban J connectivity index is 1.79. The summed E-state index contributed by atoms with van der Waals surface area (Å²) in [7, 11) is 2.17. The Labute approximate surface area is 142 Å². The number of fused-ring (bicyclic) bond motifs is 1. The number of aromatic nitrogens is 2. The van der Waals surface area contributed by atoms with Crippen molar-refractivity contribution in [3.8, 4) is 11.3 Å². The number of nitrogens with two attached hydrogens (primary N) is 1. The number of anilines is 1. The molecular weight excluding hydrogens is 296 g/mol. The fraction of sp³-hybridized carbons (Fsp3) is 0.250. The lowest BCUT2D eigenvalue weighted by atomic mass is 10.0. The van der Waals surface area contributed by atoms with E-state index < -0.39 is 0 Å². The highest BCUT2D eigenvalue weighted by atomic mass is 15.3. The van der Waals surface area contributed by atoms with Gasteiger partial charge in [-0.15, -0.1) is 0 Å². The molecule has 4 heteroatoms. The maximum Gasteiger partial charge on any atom is 0.0972 e. The smallest absolute Gasteiger partial charge is 0.0972 e. The van der Waals surface area contributed by atoms with Gasteiger partial charge in [-0.3, -0.25) is 4.68 Å². The Morgan fingerprint density at radius 2 is 1.92 bits per heavy atom. The number of benzene rings is 2. The van der Waals surface area contributed by atoms with Crippen LogP contribution in [0.2, 0.25) is 0 Å². The molecule has 0 unspecified atom stereocenters. The standard InChI is InChI=1S/C20H22N4/c1-23-11-10-19-18(14-23)20(16-8-5-9-17(21)12-16)22-24(19)13-15-6-3-2-4-7-15/h2-9,12H,10-11,13-14,21H2,1H3. The zero-order valence-electron chi connectivity index (χ0n) is 13.9. The molecule has 0 spiro atoms. The molecule has 0 fully saturated rings. The van der Waals surface area contributed by atoms with Crippen LogP contribution in [0.25, 0.3) is 11.3 Å². The van der Waals surface area contributed by atoms with Gasteiger partial charge in [0.1, 0.15) is 0 Å². The lowest BCUT2D eigenvalue weighted by Gasteiger charge is -2.23. The first kappa shape index (κ1) is 15.0. The number of nitrogens with zero attached hydrogens (tertiary/aromatic N) is 3. The monoisotopic (exact) mass is 318 g/mol. The summed E-state index contributed by atoms with van der Waals surface area (Å²) >= 11 is 0. The Bertz CT molecular complexity index is 851. The molecule has 0 saturated carbocycles. The first-order chi connectivity index (χ1) is 11.7. The SMILES string of the molecule is CN1CCc2c(c(-c3cccc(N)c3)nn2Cc2ccccc2)C1. The van der Waals surface area contributed by atoms with Crippen LogP contribution in [0.1, 0.15) is 16.8 Å². The number of rotatable bonds is 3. The van der Waals surface area contributed by atoms with E-state index in [0.29, 0.717) is 0 Å². The van der Waals surface area contributed by atoms with Crippen LogP contribution in [-0.2, 0) is 19.5 Å². The van der Waals surface area contributed by atoms with Crippen LogP contribution in [0.15, 0.2) is 54.6 Å². The molecule has 0 saturated heterocycles. The van der Waals surface area contributed by atoms with Gasteiger partial charge >= 0.3 is 0 Å².